The zero-order valence-electron chi connectivity index (χ0n) is 9.79. The minimum Gasteiger partial charge on any atom is -0.478 e. The molecule has 1 heterocycles. The summed E-state index contributed by atoms with van der Waals surface area (Å²) in [5, 5.41) is 21.0. The maximum atomic E-state index is 11.2. The molecule has 0 aliphatic heterocycles. The van der Waals surface area contributed by atoms with Gasteiger partial charge in [-0.2, -0.15) is 0 Å². The Hall–Kier alpha value is -2.76. The summed E-state index contributed by atoms with van der Waals surface area (Å²) in [6, 6.07) is 7.69. The average Bonchev–Trinajstić information content (AvgIpc) is 2.88. The van der Waals surface area contributed by atoms with Crippen molar-refractivity contribution in [3.63, 3.8) is 0 Å². The first-order chi connectivity index (χ1) is 9.09. The van der Waals surface area contributed by atoms with Gasteiger partial charge in [0, 0.05) is 5.69 Å². The van der Waals surface area contributed by atoms with E-state index in [1.807, 2.05) is 0 Å². The monoisotopic (exact) mass is 261 g/mol. The summed E-state index contributed by atoms with van der Waals surface area (Å²) in [6.45, 7) is 0.274. The van der Waals surface area contributed by atoms with Gasteiger partial charge in [0.05, 0.1) is 23.9 Å². The second kappa shape index (κ2) is 5.26. The quantitative estimate of drug-likeness (QED) is 0.763. The van der Waals surface area contributed by atoms with Crippen molar-refractivity contribution >= 4 is 17.6 Å². The molecule has 0 amide bonds. The minimum atomic E-state index is -1.29. The van der Waals surface area contributed by atoms with Gasteiger partial charge in [-0.1, -0.05) is 6.07 Å². The van der Waals surface area contributed by atoms with Crippen molar-refractivity contribution < 1.29 is 24.2 Å². The largest absolute Gasteiger partial charge is 0.478 e. The van der Waals surface area contributed by atoms with E-state index in [1.54, 1.807) is 12.1 Å². The standard InChI is InChI=1S/C13H11NO5/c15-12(16)9-4-1-5-10(11(9)13(17)18)14-7-8-3-2-6-19-8/h1-6,14H,7H2,(H,15,16)(H,17,18). The molecule has 0 atom stereocenters. The number of carbonyl (C=O) groups is 2. The Morgan fingerprint density at radius 1 is 1.11 bits per heavy atom. The van der Waals surface area contributed by atoms with Gasteiger partial charge in [-0.15, -0.1) is 0 Å². The van der Waals surface area contributed by atoms with Crippen LogP contribution in [0.4, 0.5) is 5.69 Å². The molecule has 19 heavy (non-hydrogen) atoms. The Kier molecular flexibility index (Phi) is 3.51. The van der Waals surface area contributed by atoms with Crippen molar-refractivity contribution in [2.45, 2.75) is 6.54 Å². The zero-order valence-corrected chi connectivity index (χ0v) is 9.79. The van der Waals surface area contributed by atoms with Crippen LogP contribution in [0.25, 0.3) is 0 Å². The van der Waals surface area contributed by atoms with E-state index in [9.17, 15) is 9.59 Å². The highest BCUT2D eigenvalue weighted by Crippen LogP contribution is 2.21. The Bertz CT molecular complexity index is 604. The summed E-state index contributed by atoms with van der Waals surface area (Å²) >= 11 is 0. The third kappa shape index (κ3) is 2.74. The van der Waals surface area contributed by atoms with E-state index in [0.717, 1.165) is 0 Å². The van der Waals surface area contributed by atoms with Crippen molar-refractivity contribution in [2.75, 3.05) is 5.32 Å². The van der Waals surface area contributed by atoms with Crippen molar-refractivity contribution in [1.82, 2.24) is 0 Å². The highest BCUT2D eigenvalue weighted by Gasteiger charge is 2.19. The van der Waals surface area contributed by atoms with Crippen LogP contribution in [0.2, 0.25) is 0 Å². The van der Waals surface area contributed by atoms with E-state index in [2.05, 4.69) is 5.32 Å². The number of hydrogen-bond acceptors (Lipinski definition) is 4. The van der Waals surface area contributed by atoms with Gasteiger partial charge in [-0.3, -0.25) is 0 Å². The molecular weight excluding hydrogens is 250 g/mol. The van der Waals surface area contributed by atoms with Crippen LogP contribution in [-0.2, 0) is 6.54 Å². The second-order valence-corrected chi connectivity index (χ2v) is 3.77. The Morgan fingerprint density at radius 3 is 2.47 bits per heavy atom. The number of rotatable bonds is 5. The molecule has 0 radical (unpaired) electrons. The van der Waals surface area contributed by atoms with Crippen molar-refractivity contribution in [1.29, 1.82) is 0 Å². The normalized spacial score (nSPS) is 10.1. The molecule has 0 aliphatic rings. The molecule has 2 aromatic rings. The predicted octanol–water partition coefficient (Wildman–Crippen LogP) is 2.29. The Morgan fingerprint density at radius 2 is 1.89 bits per heavy atom. The van der Waals surface area contributed by atoms with Crippen LogP contribution < -0.4 is 5.32 Å². The van der Waals surface area contributed by atoms with E-state index in [0.29, 0.717) is 5.76 Å². The average molecular weight is 261 g/mol. The third-order valence-corrected chi connectivity index (χ3v) is 2.54. The minimum absolute atomic E-state index is 0.240. The second-order valence-electron chi connectivity index (χ2n) is 3.77. The number of hydrogen-bond donors (Lipinski definition) is 3. The Labute approximate surface area is 108 Å². The van der Waals surface area contributed by atoms with Crippen LogP contribution in [0.1, 0.15) is 26.5 Å². The molecule has 0 unspecified atom stereocenters. The zero-order chi connectivity index (χ0) is 13.8. The van der Waals surface area contributed by atoms with Gasteiger partial charge < -0.3 is 19.9 Å². The molecule has 98 valence electrons. The molecule has 6 heteroatoms. The van der Waals surface area contributed by atoms with E-state index in [-0.39, 0.29) is 23.4 Å². The summed E-state index contributed by atoms with van der Waals surface area (Å²) in [6.07, 6.45) is 1.50. The smallest absolute Gasteiger partial charge is 0.338 e. The molecule has 0 saturated heterocycles. The van der Waals surface area contributed by atoms with Gasteiger partial charge in [-0.05, 0) is 24.3 Å². The predicted molar refractivity (Wildman–Crippen MR) is 66.4 cm³/mol. The third-order valence-electron chi connectivity index (χ3n) is 2.54. The lowest BCUT2D eigenvalue weighted by Crippen LogP contribution is -2.12. The fourth-order valence-electron chi connectivity index (χ4n) is 1.70. The van der Waals surface area contributed by atoms with Gasteiger partial charge in [0.2, 0.25) is 0 Å². The molecule has 0 aliphatic carbocycles. The lowest BCUT2D eigenvalue weighted by molar-refractivity contribution is 0.0652. The van der Waals surface area contributed by atoms with E-state index >= 15 is 0 Å². The van der Waals surface area contributed by atoms with Gasteiger partial charge >= 0.3 is 11.9 Å². The molecule has 1 aromatic carbocycles. The molecule has 6 nitrogen and oxygen atoms in total. The van der Waals surface area contributed by atoms with Gasteiger partial charge in [0.15, 0.2) is 0 Å². The summed E-state index contributed by atoms with van der Waals surface area (Å²) < 4.78 is 5.11. The van der Waals surface area contributed by atoms with Gasteiger partial charge in [-0.25, -0.2) is 9.59 Å². The van der Waals surface area contributed by atoms with Crippen LogP contribution in [-0.4, -0.2) is 22.2 Å². The Balaban J connectivity index is 2.31. The van der Waals surface area contributed by atoms with Crippen LogP contribution in [0.3, 0.4) is 0 Å². The van der Waals surface area contributed by atoms with Gasteiger partial charge in [0.25, 0.3) is 0 Å². The SMILES string of the molecule is O=C(O)c1cccc(NCc2ccco2)c1C(=O)O. The molecule has 0 spiro atoms. The summed E-state index contributed by atoms with van der Waals surface area (Å²) in [4.78, 5) is 22.2. The highest BCUT2D eigenvalue weighted by molar-refractivity contribution is 6.05. The number of anilines is 1. The molecule has 2 rings (SSSR count). The maximum Gasteiger partial charge on any atom is 0.338 e. The number of nitrogens with one attached hydrogen (secondary N) is 1. The van der Waals surface area contributed by atoms with Crippen LogP contribution in [0, 0.1) is 0 Å². The maximum absolute atomic E-state index is 11.2. The van der Waals surface area contributed by atoms with Crippen LogP contribution in [0.15, 0.2) is 41.0 Å². The van der Waals surface area contributed by atoms with Crippen molar-refractivity contribution in [3.05, 3.63) is 53.5 Å². The molecule has 0 fully saturated rings. The molecule has 0 bridgehead atoms. The van der Waals surface area contributed by atoms with Gasteiger partial charge in [0.1, 0.15) is 5.76 Å². The first kappa shape index (κ1) is 12.7. The van der Waals surface area contributed by atoms with E-state index in [1.165, 1.54) is 24.5 Å². The molecule has 1 aromatic heterocycles. The number of benzene rings is 1. The molecule has 0 saturated carbocycles. The topological polar surface area (TPSA) is 99.8 Å². The number of carboxylic acids is 2. The van der Waals surface area contributed by atoms with Crippen LogP contribution in [0.5, 0.6) is 0 Å². The molecular formula is C13H11NO5. The lowest BCUT2D eigenvalue weighted by atomic mass is 10.1. The summed E-state index contributed by atoms with van der Waals surface area (Å²) in [7, 11) is 0. The summed E-state index contributed by atoms with van der Waals surface area (Å²) in [5.74, 6) is -1.95. The summed E-state index contributed by atoms with van der Waals surface area (Å²) in [5.41, 5.74) is -0.276. The number of carboxylic acid groups (broad SMARTS) is 2. The van der Waals surface area contributed by atoms with Crippen molar-refractivity contribution in [3.8, 4) is 0 Å². The lowest BCUT2D eigenvalue weighted by Gasteiger charge is -2.10. The number of aromatic carboxylic acids is 2. The first-order valence-corrected chi connectivity index (χ1v) is 5.45. The fraction of sp³-hybridized carbons (Fsp3) is 0.0769. The van der Waals surface area contributed by atoms with Crippen LogP contribution >= 0.6 is 0 Å². The molecule has 3 N–H and O–H groups in total. The van der Waals surface area contributed by atoms with E-state index in [4.69, 9.17) is 14.6 Å². The van der Waals surface area contributed by atoms with Crippen molar-refractivity contribution in [2.24, 2.45) is 0 Å². The first-order valence-electron chi connectivity index (χ1n) is 5.45. The number of furan rings is 1. The van der Waals surface area contributed by atoms with E-state index < -0.39 is 11.9 Å². The fourth-order valence-corrected chi connectivity index (χ4v) is 1.70. The highest BCUT2D eigenvalue weighted by atomic mass is 16.4.